The molecule has 0 fully saturated rings. The first-order chi connectivity index (χ1) is 9.89. The van der Waals surface area contributed by atoms with Crippen molar-refractivity contribution in [3.05, 3.63) is 65.0 Å². The van der Waals surface area contributed by atoms with Crippen LogP contribution in [0.2, 0.25) is 0 Å². The van der Waals surface area contributed by atoms with Gasteiger partial charge < -0.3 is 5.11 Å². The number of aliphatic hydroxyl groups excluding tert-OH is 1. The summed E-state index contributed by atoms with van der Waals surface area (Å²) >= 11 is 0. The maximum Gasteiger partial charge on any atom is 0.237 e. The highest BCUT2D eigenvalue weighted by atomic mass is 32.2. The molecule has 4 nitrogen and oxygen atoms in total. The van der Waals surface area contributed by atoms with Crippen molar-refractivity contribution in [2.75, 3.05) is 4.72 Å². The predicted molar refractivity (Wildman–Crippen MR) is 79.7 cm³/mol. The zero-order valence-corrected chi connectivity index (χ0v) is 12.3. The molecule has 0 aromatic heterocycles. The molecule has 0 aliphatic rings. The van der Waals surface area contributed by atoms with Gasteiger partial charge in [0.2, 0.25) is 10.0 Å². The average Bonchev–Trinajstić information content (AvgIpc) is 2.42. The molecular formula is C15H16FNO3S. The molecule has 0 spiro atoms. The first kappa shape index (κ1) is 15.5. The Morgan fingerprint density at radius 1 is 1.10 bits per heavy atom. The molecule has 112 valence electrons. The smallest absolute Gasteiger partial charge is 0.237 e. The third kappa shape index (κ3) is 4.27. The first-order valence-electron chi connectivity index (χ1n) is 6.35. The number of hydrogen-bond donors (Lipinski definition) is 2. The molecule has 2 N–H and O–H groups in total. The minimum Gasteiger partial charge on any atom is -0.392 e. The van der Waals surface area contributed by atoms with Crippen LogP contribution in [-0.4, -0.2) is 13.5 Å². The van der Waals surface area contributed by atoms with Crippen LogP contribution >= 0.6 is 0 Å². The van der Waals surface area contributed by atoms with Crippen molar-refractivity contribution in [3.63, 3.8) is 0 Å². The number of benzene rings is 2. The maximum atomic E-state index is 13.7. The molecule has 0 atom stereocenters. The van der Waals surface area contributed by atoms with Crippen molar-refractivity contribution in [1.29, 1.82) is 0 Å². The van der Waals surface area contributed by atoms with Gasteiger partial charge in [0.25, 0.3) is 0 Å². The average molecular weight is 309 g/mol. The number of anilines is 1. The van der Waals surface area contributed by atoms with Crippen LogP contribution in [0.4, 0.5) is 10.1 Å². The minimum absolute atomic E-state index is 0.0624. The molecule has 2 rings (SSSR count). The molecule has 2 aromatic rings. The second-order valence-corrected chi connectivity index (χ2v) is 6.54. The number of halogens is 1. The minimum atomic E-state index is -3.70. The van der Waals surface area contributed by atoms with E-state index in [0.717, 1.165) is 5.56 Å². The third-order valence-corrected chi connectivity index (χ3v) is 4.20. The van der Waals surface area contributed by atoms with E-state index in [1.54, 1.807) is 37.3 Å². The van der Waals surface area contributed by atoms with Crippen molar-refractivity contribution < 1.29 is 17.9 Å². The lowest BCUT2D eigenvalue weighted by Gasteiger charge is -2.09. The molecule has 0 heterocycles. The monoisotopic (exact) mass is 309 g/mol. The van der Waals surface area contributed by atoms with Crippen molar-refractivity contribution in [1.82, 2.24) is 0 Å². The highest BCUT2D eigenvalue weighted by Crippen LogP contribution is 2.18. The second-order valence-electron chi connectivity index (χ2n) is 4.82. The lowest BCUT2D eigenvalue weighted by atomic mass is 10.2. The number of aryl methyl sites for hydroxylation is 1. The van der Waals surface area contributed by atoms with Crippen LogP contribution in [0.15, 0.2) is 42.5 Å². The fourth-order valence-electron chi connectivity index (χ4n) is 1.87. The lowest BCUT2D eigenvalue weighted by Crippen LogP contribution is -2.16. The van der Waals surface area contributed by atoms with Gasteiger partial charge in [-0.1, -0.05) is 30.3 Å². The summed E-state index contributed by atoms with van der Waals surface area (Å²) in [6.07, 6.45) is 0. The summed E-state index contributed by atoms with van der Waals surface area (Å²) in [5.41, 5.74) is 1.92. The van der Waals surface area contributed by atoms with Crippen molar-refractivity contribution >= 4 is 15.7 Å². The van der Waals surface area contributed by atoms with Gasteiger partial charge >= 0.3 is 0 Å². The van der Waals surface area contributed by atoms with Crippen LogP contribution in [0.25, 0.3) is 0 Å². The van der Waals surface area contributed by atoms with Crippen molar-refractivity contribution in [2.45, 2.75) is 19.3 Å². The second kappa shape index (κ2) is 6.24. The Hall–Kier alpha value is -1.92. The third-order valence-electron chi connectivity index (χ3n) is 2.95. The topological polar surface area (TPSA) is 66.4 Å². The Morgan fingerprint density at radius 3 is 2.29 bits per heavy atom. The summed E-state index contributed by atoms with van der Waals surface area (Å²) in [5, 5.41) is 8.94. The van der Waals surface area contributed by atoms with Crippen LogP contribution < -0.4 is 4.72 Å². The van der Waals surface area contributed by atoms with Gasteiger partial charge in [-0.05, 0) is 35.7 Å². The quantitative estimate of drug-likeness (QED) is 0.892. The van der Waals surface area contributed by atoms with Gasteiger partial charge in [0.15, 0.2) is 0 Å². The van der Waals surface area contributed by atoms with E-state index in [9.17, 15) is 12.8 Å². The standard InChI is InChI=1S/C15H16FNO3S/c1-11-2-7-15(14(16)8-11)17-21(19,20)10-13-5-3-12(9-18)4-6-13/h2-8,17-18H,9-10H2,1H3. The van der Waals surface area contributed by atoms with Gasteiger partial charge in [-0.25, -0.2) is 12.8 Å². The molecule has 0 saturated heterocycles. The van der Waals surface area contributed by atoms with E-state index in [-0.39, 0.29) is 18.0 Å². The van der Waals surface area contributed by atoms with Gasteiger partial charge in [0.1, 0.15) is 5.82 Å². The number of sulfonamides is 1. The Kier molecular flexibility index (Phi) is 4.59. The van der Waals surface area contributed by atoms with E-state index < -0.39 is 15.8 Å². The Labute approximate surface area is 123 Å². The molecular weight excluding hydrogens is 293 g/mol. The molecule has 21 heavy (non-hydrogen) atoms. The van der Waals surface area contributed by atoms with Gasteiger partial charge in [0, 0.05) is 0 Å². The molecule has 0 radical (unpaired) electrons. The Balaban J connectivity index is 2.14. The molecule has 6 heteroatoms. The SMILES string of the molecule is Cc1ccc(NS(=O)(=O)Cc2ccc(CO)cc2)c(F)c1. The van der Waals surface area contributed by atoms with Crippen molar-refractivity contribution in [2.24, 2.45) is 0 Å². The van der Waals surface area contributed by atoms with E-state index in [1.165, 1.54) is 12.1 Å². The van der Waals surface area contributed by atoms with Crippen LogP contribution in [0, 0.1) is 12.7 Å². The highest BCUT2D eigenvalue weighted by molar-refractivity contribution is 7.91. The summed E-state index contributed by atoms with van der Waals surface area (Å²) in [4.78, 5) is 0. The first-order valence-corrected chi connectivity index (χ1v) is 8.00. The summed E-state index contributed by atoms with van der Waals surface area (Å²) < 4.78 is 40.0. The zero-order valence-electron chi connectivity index (χ0n) is 11.5. The number of rotatable bonds is 5. The number of nitrogens with one attached hydrogen (secondary N) is 1. The molecule has 2 aromatic carbocycles. The van der Waals surface area contributed by atoms with E-state index in [2.05, 4.69) is 4.72 Å². The summed E-state index contributed by atoms with van der Waals surface area (Å²) in [6, 6.07) is 10.9. The van der Waals surface area contributed by atoms with E-state index in [0.29, 0.717) is 11.1 Å². The Bertz CT molecular complexity index is 727. The van der Waals surface area contributed by atoms with Crippen LogP contribution in [0.3, 0.4) is 0 Å². The zero-order chi connectivity index (χ0) is 15.5. The van der Waals surface area contributed by atoms with Crippen LogP contribution in [-0.2, 0) is 22.4 Å². The van der Waals surface area contributed by atoms with Gasteiger partial charge in [0.05, 0.1) is 18.0 Å². The molecule has 0 saturated carbocycles. The van der Waals surface area contributed by atoms with Gasteiger partial charge in [-0.3, -0.25) is 4.72 Å². The van der Waals surface area contributed by atoms with E-state index in [4.69, 9.17) is 5.11 Å². The maximum absolute atomic E-state index is 13.7. The fourth-order valence-corrected chi connectivity index (χ4v) is 3.07. The summed E-state index contributed by atoms with van der Waals surface area (Å²) in [7, 11) is -3.70. The molecule has 0 aliphatic heterocycles. The molecule has 0 amide bonds. The predicted octanol–water partition coefficient (Wildman–Crippen LogP) is 2.57. The highest BCUT2D eigenvalue weighted by Gasteiger charge is 2.14. The van der Waals surface area contributed by atoms with Crippen LogP contribution in [0.5, 0.6) is 0 Å². The van der Waals surface area contributed by atoms with E-state index >= 15 is 0 Å². The van der Waals surface area contributed by atoms with E-state index in [1.807, 2.05) is 0 Å². The Morgan fingerprint density at radius 2 is 1.71 bits per heavy atom. The number of hydrogen-bond acceptors (Lipinski definition) is 3. The lowest BCUT2D eigenvalue weighted by molar-refractivity contribution is 0.282. The largest absolute Gasteiger partial charge is 0.392 e. The van der Waals surface area contributed by atoms with Crippen LogP contribution in [0.1, 0.15) is 16.7 Å². The molecule has 0 aliphatic carbocycles. The van der Waals surface area contributed by atoms with Gasteiger partial charge in [-0.2, -0.15) is 0 Å². The fraction of sp³-hybridized carbons (Fsp3) is 0.200. The van der Waals surface area contributed by atoms with Crippen molar-refractivity contribution in [3.8, 4) is 0 Å². The van der Waals surface area contributed by atoms with Gasteiger partial charge in [-0.15, -0.1) is 0 Å². The molecule has 0 unspecified atom stereocenters. The number of aliphatic hydroxyl groups is 1. The normalized spacial score (nSPS) is 11.4. The summed E-state index contributed by atoms with van der Waals surface area (Å²) in [5.74, 6) is -0.861. The molecule has 0 bridgehead atoms. The summed E-state index contributed by atoms with van der Waals surface area (Å²) in [6.45, 7) is 1.63.